The Kier molecular flexibility index (Phi) is 11.1. The van der Waals surface area contributed by atoms with Crippen LogP contribution in [-0.4, -0.2) is 74.9 Å². The van der Waals surface area contributed by atoms with Crippen molar-refractivity contribution in [2.45, 2.75) is 81.9 Å². The first kappa shape index (κ1) is 33.0. The molecule has 10 nitrogen and oxygen atoms in total. The van der Waals surface area contributed by atoms with E-state index < -0.39 is 12.1 Å². The largest absolute Gasteiger partial charge is 0.445 e. The number of thiazole rings is 1. The third-order valence-electron chi connectivity index (χ3n) is 8.70. The van der Waals surface area contributed by atoms with Gasteiger partial charge in [0.05, 0.1) is 11.1 Å². The molecule has 2 unspecified atom stereocenters. The molecule has 248 valence electrons. The van der Waals surface area contributed by atoms with Gasteiger partial charge in [-0.15, -0.1) is 23.1 Å². The highest BCUT2D eigenvalue weighted by atomic mass is 32.2. The highest BCUT2D eigenvalue weighted by molar-refractivity contribution is 8.00. The Bertz CT molecular complexity index is 1540. The van der Waals surface area contributed by atoms with Gasteiger partial charge in [0.25, 0.3) is 5.91 Å². The van der Waals surface area contributed by atoms with E-state index in [1.807, 2.05) is 52.7 Å². The number of piperidine rings is 1. The van der Waals surface area contributed by atoms with Crippen LogP contribution in [0.1, 0.15) is 73.7 Å². The van der Waals surface area contributed by atoms with Gasteiger partial charge in [0, 0.05) is 47.8 Å². The number of carbonyl (C=O) groups is 4. The van der Waals surface area contributed by atoms with E-state index in [0.717, 1.165) is 62.7 Å². The van der Waals surface area contributed by atoms with Gasteiger partial charge in [-0.05, 0) is 62.6 Å². The lowest BCUT2D eigenvalue weighted by atomic mass is 10.1. The number of hydrogen-bond acceptors (Lipinski definition) is 8. The lowest BCUT2D eigenvalue weighted by Gasteiger charge is -2.28. The van der Waals surface area contributed by atoms with Crippen LogP contribution in [0.3, 0.4) is 0 Å². The molecule has 2 saturated heterocycles. The van der Waals surface area contributed by atoms with E-state index in [-0.39, 0.29) is 29.7 Å². The van der Waals surface area contributed by atoms with Crippen LogP contribution < -0.4 is 10.6 Å². The van der Waals surface area contributed by atoms with Crippen molar-refractivity contribution in [2.75, 3.05) is 24.2 Å². The summed E-state index contributed by atoms with van der Waals surface area (Å²) < 4.78 is 5.70. The molecule has 3 heterocycles. The number of anilines is 1. The molecule has 0 bridgehead atoms. The third kappa shape index (κ3) is 8.92. The van der Waals surface area contributed by atoms with Gasteiger partial charge in [-0.2, -0.15) is 0 Å². The molecule has 4 amide bonds. The van der Waals surface area contributed by atoms with Gasteiger partial charge in [0.15, 0.2) is 5.13 Å². The van der Waals surface area contributed by atoms with Gasteiger partial charge in [-0.1, -0.05) is 48.9 Å². The molecular weight excluding hydrogens is 635 g/mol. The number of nitrogens with zero attached hydrogens (tertiary/aromatic N) is 3. The molecule has 2 aliphatic heterocycles. The Labute approximate surface area is 283 Å². The molecule has 1 aliphatic carbocycles. The van der Waals surface area contributed by atoms with Crippen LogP contribution in [0.25, 0.3) is 11.3 Å². The minimum atomic E-state index is -0.722. The number of unbranched alkanes of at least 4 members (excludes halogenated alkanes) is 1. The van der Waals surface area contributed by atoms with Crippen molar-refractivity contribution in [3.05, 3.63) is 71.1 Å². The minimum Gasteiger partial charge on any atom is -0.445 e. The molecule has 0 radical (unpaired) electrons. The smallest absolute Gasteiger partial charge is 0.411 e. The fraction of sp³-hybridized carbons (Fsp3) is 0.457. The second kappa shape index (κ2) is 15.8. The Morgan fingerprint density at radius 2 is 1.70 bits per heavy atom. The van der Waals surface area contributed by atoms with Gasteiger partial charge in [-0.3, -0.25) is 19.3 Å². The van der Waals surface area contributed by atoms with Crippen LogP contribution in [-0.2, 0) is 20.9 Å². The topological polar surface area (TPSA) is 121 Å². The Morgan fingerprint density at radius 3 is 2.45 bits per heavy atom. The zero-order valence-corrected chi connectivity index (χ0v) is 28.0. The van der Waals surface area contributed by atoms with Crippen LogP contribution in [0.5, 0.6) is 0 Å². The van der Waals surface area contributed by atoms with Crippen LogP contribution >= 0.6 is 23.1 Å². The number of benzene rings is 2. The summed E-state index contributed by atoms with van der Waals surface area (Å²) in [5.74, 6) is 0.255. The fourth-order valence-corrected chi connectivity index (χ4v) is 8.03. The number of thioether (sulfide) groups is 1. The van der Waals surface area contributed by atoms with Gasteiger partial charge in [0.1, 0.15) is 12.6 Å². The zero-order chi connectivity index (χ0) is 32.6. The highest BCUT2D eigenvalue weighted by Crippen LogP contribution is 2.35. The SMILES string of the molecule is O=C(NC1CC1)c1ccc(-c2csc(NC(=O)C3CSC(CCCCC(=O)N4CCCCC4)N3C(=O)OCc3ccccc3)n2)cc1. The van der Waals surface area contributed by atoms with Crippen molar-refractivity contribution >= 4 is 52.0 Å². The van der Waals surface area contributed by atoms with Crippen molar-refractivity contribution in [3.8, 4) is 11.3 Å². The third-order valence-corrected chi connectivity index (χ3v) is 10.8. The first-order valence-corrected chi connectivity index (χ1v) is 18.4. The van der Waals surface area contributed by atoms with E-state index in [4.69, 9.17) is 4.74 Å². The second-order valence-electron chi connectivity index (χ2n) is 12.3. The summed E-state index contributed by atoms with van der Waals surface area (Å²) in [5, 5.41) is 7.97. The maximum Gasteiger partial charge on any atom is 0.411 e. The fourth-order valence-electron chi connectivity index (χ4n) is 5.86. The average Bonchev–Trinajstić information content (AvgIpc) is 3.62. The molecule has 12 heteroatoms. The zero-order valence-electron chi connectivity index (χ0n) is 26.4. The molecular formula is C35H41N5O5S2. The van der Waals surface area contributed by atoms with Crippen LogP contribution in [0.4, 0.5) is 9.93 Å². The molecule has 3 fully saturated rings. The molecule has 0 spiro atoms. The Balaban J connectivity index is 1.06. The molecule has 2 N–H and O–H groups in total. The molecule has 2 atom stereocenters. The van der Waals surface area contributed by atoms with E-state index in [9.17, 15) is 19.2 Å². The average molecular weight is 676 g/mol. The number of amides is 4. The summed E-state index contributed by atoms with van der Waals surface area (Å²) in [6.45, 7) is 1.81. The first-order chi connectivity index (χ1) is 22.9. The number of nitrogens with one attached hydrogen (secondary N) is 2. The van der Waals surface area contributed by atoms with Gasteiger partial charge >= 0.3 is 6.09 Å². The van der Waals surface area contributed by atoms with E-state index >= 15 is 0 Å². The summed E-state index contributed by atoms with van der Waals surface area (Å²) in [7, 11) is 0. The maximum atomic E-state index is 13.6. The van der Waals surface area contributed by atoms with Crippen molar-refractivity contribution in [1.82, 2.24) is 20.1 Å². The normalized spacial score (nSPS) is 19.3. The predicted molar refractivity (Wildman–Crippen MR) is 184 cm³/mol. The number of carbonyl (C=O) groups excluding carboxylic acids is 4. The van der Waals surface area contributed by atoms with Crippen LogP contribution in [0, 0.1) is 0 Å². The quantitative estimate of drug-likeness (QED) is 0.217. The molecule has 3 aromatic rings. The van der Waals surface area contributed by atoms with Crippen LogP contribution in [0.2, 0.25) is 0 Å². The second-order valence-corrected chi connectivity index (χ2v) is 14.4. The van der Waals surface area contributed by atoms with E-state index in [0.29, 0.717) is 41.0 Å². The summed E-state index contributed by atoms with van der Waals surface area (Å²) in [4.78, 5) is 60.2. The molecule has 1 aromatic heterocycles. The van der Waals surface area contributed by atoms with Crippen molar-refractivity contribution in [1.29, 1.82) is 0 Å². The number of aromatic nitrogens is 1. The first-order valence-electron chi connectivity index (χ1n) is 16.5. The summed E-state index contributed by atoms with van der Waals surface area (Å²) >= 11 is 2.87. The molecule has 2 aromatic carbocycles. The van der Waals surface area contributed by atoms with Gasteiger partial charge in [-0.25, -0.2) is 9.78 Å². The standard InChI is InChI=1S/C35H41N5O5S2/c41-30(39-19-7-2-8-20-39)11-5-6-12-31-40(35(44)45-21-24-9-3-1-4-10-24)29(23-46-31)33(43)38-34-37-28(22-47-34)25-13-15-26(16-14-25)32(42)36-27-17-18-27/h1,3-4,9-10,13-16,22,27,29,31H,2,5-8,11-12,17-21,23H2,(H,36,42)(H,37,38,43). The Hall–Kier alpha value is -3.90. The van der Waals surface area contributed by atoms with Crippen molar-refractivity contribution in [3.63, 3.8) is 0 Å². The summed E-state index contributed by atoms with van der Waals surface area (Å²) in [6.07, 6.45) is 7.55. The lowest BCUT2D eigenvalue weighted by Crippen LogP contribution is -2.47. The Morgan fingerprint density at radius 1 is 0.936 bits per heavy atom. The summed E-state index contributed by atoms with van der Waals surface area (Å²) in [6, 6.07) is 16.3. The number of rotatable bonds is 12. The minimum absolute atomic E-state index is 0.0733. The van der Waals surface area contributed by atoms with Crippen LogP contribution in [0.15, 0.2) is 60.0 Å². The monoisotopic (exact) mass is 675 g/mol. The highest BCUT2D eigenvalue weighted by Gasteiger charge is 2.42. The van der Waals surface area contributed by atoms with Crippen molar-refractivity contribution < 1.29 is 23.9 Å². The van der Waals surface area contributed by atoms with Gasteiger partial charge in [0.2, 0.25) is 11.8 Å². The van der Waals surface area contributed by atoms with Crippen molar-refractivity contribution in [2.24, 2.45) is 0 Å². The van der Waals surface area contributed by atoms with Gasteiger partial charge < -0.3 is 20.3 Å². The van der Waals surface area contributed by atoms with E-state index in [2.05, 4.69) is 15.6 Å². The van der Waals surface area contributed by atoms with E-state index in [1.165, 1.54) is 17.8 Å². The maximum absolute atomic E-state index is 13.6. The number of likely N-dealkylation sites (tertiary alicyclic amines) is 1. The molecule has 1 saturated carbocycles. The lowest BCUT2D eigenvalue weighted by molar-refractivity contribution is -0.132. The van der Waals surface area contributed by atoms with E-state index in [1.54, 1.807) is 28.8 Å². The molecule has 3 aliphatic rings. The summed E-state index contributed by atoms with van der Waals surface area (Å²) in [5.41, 5.74) is 3.00. The molecule has 47 heavy (non-hydrogen) atoms. The predicted octanol–water partition coefficient (Wildman–Crippen LogP) is 6.29. The molecule has 6 rings (SSSR count). The number of ether oxygens (including phenoxy) is 1. The number of hydrogen-bond donors (Lipinski definition) is 2.